The van der Waals surface area contributed by atoms with E-state index in [4.69, 9.17) is 4.52 Å². The van der Waals surface area contributed by atoms with Crippen LogP contribution in [0.3, 0.4) is 0 Å². The van der Waals surface area contributed by atoms with Gasteiger partial charge in [0.2, 0.25) is 11.8 Å². The Balaban J connectivity index is 2.32. The third-order valence-electron chi connectivity index (χ3n) is 3.93. The number of hydrogen-bond donors (Lipinski definition) is 1. The van der Waals surface area contributed by atoms with Gasteiger partial charge in [-0.15, -0.1) is 6.58 Å². The highest BCUT2D eigenvalue weighted by atomic mass is 16.5. The minimum atomic E-state index is -0.289. The summed E-state index contributed by atoms with van der Waals surface area (Å²) >= 11 is 0. The molecular weight excluding hydrogens is 318 g/mol. The SMILES string of the molecule is C=CCN(CC(=O)Nc1cc(C)on1)C(=O)CCCCCCCCC. The van der Waals surface area contributed by atoms with Gasteiger partial charge in [0.1, 0.15) is 12.3 Å². The number of aryl methyl sites for hydroxylation is 1. The summed E-state index contributed by atoms with van der Waals surface area (Å²) in [6.45, 7) is 7.97. The summed E-state index contributed by atoms with van der Waals surface area (Å²) in [6.07, 6.45) is 10.2. The van der Waals surface area contributed by atoms with E-state index in [1.54, 1.807) is 19.1 Å². The number of unbranched alkanes of at least 4 members (excludes halogenated alkanes) is 6. The van der Waals surface area contributed by atoms with E-state index in [1.807, 2.05) is 0 Å². The fourth-order valence-corrected chi connectivity index (χ4v) is 2.58. The summed E-state index contributed by atoms with van der Waals surface area (Å²) in [4.78, 5) is 25.9. The van der Waals surface area contributed by atoms with Crippen molar-refractivity contribution in [3.05, 3.63) is 24.5 Å². The smallest absolute Gasteiger partial charge is 0.245 e. The first-order chi connectivity index (χ1) is 12.1. The maximum Gasteiger partial charge on any atom is 0.245 e. The fourth-order valence-electron chi connectivity index (χ4n) is 2.58. The highest BCUT2D eigenvalue weighted by molar-refractivity contribution is 5.93. The van der Waals surface area contributed by atoms with Crippen molar-refractivity contribution in [1.29, 1.82) is 0 Å². The molecule has 0 saturated carbocycles. The van der Waals surface area contributed by atoms with Crippen molar-refractivity contribution in [3.8, 4) is 0 Å². The summed E-state index contributed by atoms with van der Waals surface area (Å²) < 4.78 is 4.90. The maximum atomic E-state index is 12.3. The molecule has 0 fully saturated rings. The Morgan fingerprint density at radius 1 is 1.24 bits per heavy atom. The zero-order valence-corrected chi connectivity index (χ0v) is 15.6. The second-order valence-electron chi connectivity index (χ2n) is 6.31. The van der Waals surface area contributed by atoms with Crippen molar-refractivity contribution in [2.24, 2.45) is 0 Å². The molecule has 1 heterocycles. The number of nitrogens with zero attached hydrogens (tertiary/aromatic N) is 2. The van der Waals surface area contributed by atoms with E-state index in [1.165, 1.54) is 37.0 Å². The number of hydrogen-bond acceptors (Lipinski definition) is 4. The molecule has 1 aromatic heterocycles. The molecule has 140 valence electrons. The molecule has 0 spiro atoms. The summed E-state index contributed by atoms with van der Waals surface area (Å²) in [5, 5.41) is 6.35. The van der Waals surface area contributed by atoms with Crippen molar-refractivity contribution in [3.63, 3.8) is 0 Å². The van der Waals surface area contributed by atoms with Gasteiger partial charge in [-0.2, -0.15) is 0 Å². The molecule has 0 aliphatic heterocycles. The van der Waals surface area contributed by atoms with Crippen LogP contribution in [0.25, 0.3) is 0 Å². The molecule has 0 aliphatic rings. The summed E-state index contributed by atoms with van der Waals surface area (Å²) in [5.41, 5.74) is 0. The molecule has 6 nitrogen and oxygen atoms in total. The van der Waals surface area contributed by atoms with Crippen LogP contribution in [0.2, 0.25) is 0 Å². The Bertz CT molecular complexity index is 540. The Morgan fingerprint density at radius 2 is 1.92 bits per heavy atom. The molecule has 1 rings (SSSR count). The predicted molar refractivity (Wildman–Crippen MR) is 99.3 cm³/mol. The van der Waals surface area contributed by atoms with E-state index in [9.17, 15) is 9.59 Å². The molecule has 0 aromatic carbocycles. The molecule has 2 amide bonds. The largest absolute Gasteiger partial charge is 0.360 e. The molecule has 0 aliphatic carbocycles. The number of anilines is 1. The lowest BCUT2D eigenvalue weighted by Gasteiger charge is -2.20. The minimum Gasteiger partial charge on any atom is -0.360 e. The van der Waals surface area contributed by atoms with E-state index in [2.05, 4.69) is 24.0 Å². The molecule has 0 radical (unpaired) electrons. The summed E-state index contributed by atoms with van der Waals surface area (Å²) in [6, 6.07) is 1.64. The average molecular weight is 349 g/mol. The number of amides is 2. The van der Waals surface area contributed by atoms with Gasteiger partial charge in [-0.25, -0.2) is 0 Å². The van der Waals surface area contributed by atoms with E-state index in [0.29, 0.717) is 24.5 Å². The van der Waals surface area contributed by atoms with Crippen LogP contribution in [0, 0.1) is 6.92 Å². The summed E-state index contributed by atoms with van der Waals surface area (Å²) in [7, 11) is 0. The van der Waals surface area contributed by atoms with Gasteiger partial charge in [-0.1, -0.05) is 56.7 Å². The van der Waals surface area contributed by atoms with Crippen LogP contribution in [-0.2, 0) is 9.59 Å². The minimum absolute atomic E-state index is 0.00669. The lowest BCUT2D eigenvalue weighted by atomic mass is 10.1. The second kappa shape index (κ2) is 12.3. The van der Waals surface area contributed by atoms with Gasteiger partial charge in [0, 0.05) is 19.0 Å². The van der Waals surface area contributed by atoms with Crippen LogP contribution in [0.15, 0.2) is 23.2 Å². The monoisotopic (exact) mass is 349 g/mol. The van der Waals surface area contributed by atoms with E-state index in [0.717, 1.165) is 12.8 Å². The number of rotatable bonds is 13. The zero-order chi connectivity index (χ0) is 18.5. The molecule has 0 atom stereocenters. The van der Waals surface area contributed by atoms with Crippen molar-refractivity contribution < 1.29 is 14.1 Å². The van der Waals surface area contributed by atoms with Crippen LogP contribution in [0.5, 0.6) is 0 Å². The molecule has 25 heavy (non-hydrogen) atoms. The van der Waals surface area contributed by atoms with Crippen LogP contribution in [-0.4, -0.2) is 35.0 Å². The number of nitrogens with one attached hydrogen (secondary N) is 1. The van der Waals surface area contributed by atoms with Crippen molar-refractivity contribution >= 4 is 17.6 Å². The number of aromatic nitrogens is 1. The maximum absolute atomic E-state index is 12.3. The first-order valence-electron chi connectivity index (χ1n) is 9.18. The normalized spacial score (nSPS) is 10.5. The summed E-state index contributed by atoms with van der Waals surface area (Å²) in [5.74, 6) is 0.678. The third-order valence-corrected chi connectivity index (χ3v) is 3.93. The van der Waals surface area contributed by atoms with Gasteiger partial charge in [0.25, 0.3) is 0 Å². The Hall–Kier alpha value is -2.11. The molecule has 1 aromatic rings. The van der Waals surface area contributed by atoms with Gasteiger partial charge >= 0.3 is 0 Å². The lowest BCUT2D eigenvalue weighted by molar-refractivity contribution is -0.134. The Labute approximate surface area is 150 Å². The van der Waals surface area contributed by atoms with Gasteiger partial charge in [0.15, 0.2) is 5.82 Å². The van der Waals surface area contributed by atoms with Crippen molar-refractivity contribution in [2.45, 2.75) is 65.2 Å². The zero-order valence-electron chi connectivity index (χ0n) is 15.6. The fraction of sp³-hybridized carbons (Fsp3) is 0.632. The molecular formula is C19H31N3O3. The molecule has 6 heteroatoms. The van der Waals surface area contributed by atoms with E-state index in [-0.39, 0.29) is 18.4 Å². The Morgan fingerprint density at radius 3 is 2.52 bits per heavy atom. The second-order valence-corrected chi connectivity index (χ2v) is 6.31. The van der Waals surface area contributed by atoms with Crippen molar-refractivity contribution in [1.82, 2.24) is 10.1 Å². The highest BCUT2D eigenvalue weighted by Crippen LogP contribution is 2.10. The molecule has 0 bridgehead atoms. The van der Waals surface area contributed by atoms with Crippen LogP contribution in [0.1, 0.15) is 64.1 Å². The standard InChI is InChI=1S/C19H31N3O3/c1-4-6-7-8-9-10-11-12-19(24)22(13-5-2)15-18(23)20-17-14-16(3)25-21-17/h5,14H,2,4,6-13,15H2,1,3H3,(H,20,21,23). The first kappa shape index (κ1) is 20.9. The first-order valence-corrected chi connectivity index (χ1v) is 9.18. The quantitative estimate of drug-likeness (QED) is 0.430. The molecule has 0 unspecified atom stereocenters. The van der Waals surface area contributed by atoms with Gasteiger partial charge in [-0.05, 0) is 13.3 Å². The van der Waals surface area contributed by atoms with Gasteiger partial charge in [-0.3, -0.25) is 9.59 Å². The van der Waals surface area contributed by atoms with Crippen molar-refractivity contribution in [2.75, 3.05) is 18.4 Å². The topological polar surface area (TPSA) is 75.4 Å². The number of carbonyl (C=O) groups excluding carboxylic acids is 2. The average Bonchev–Trinajstić information content (AvgIpc) is 2.98. The van der Waals surface area contributed by atoms with Crippen LogP contribution >= 0.6 is 0 Å². The lowest BCUT2D eigenvalue weighted by Crippen LogP contribution is -2.38. The van der Waals surface area contributed by atoms with Gasteiger partial charge < -0.3 is 14.7 Å². The Kier molecular flexibility index (Phi) is 10.3. The predicted octanol–water partition coefficient (Wildman–Crippen LogP) is 4.08. The van der Waals surface area contributed by atoms with Gasteiger partial charge in [0.05, 0.1) is 0 Å². The molecule has 0 saturated heterocycles. The third kappa shape index (κ3) is 9.08. The highest BCUT2D eigenvalue weighted by Gasteiger charge is 2.16. The van der Waals surface area contributed by atoms with E-state index < -0.39 is 0 Å². The van der Waals surface area contributed by atoms with Crippen LogP contribution < -0.4 is 5.32 Å². The van der Waals surface area contributed by atoms with Crippen LogP contribution in [0.4, 0.5) is 5.82 Å². The number of carbonyl (C=O) groups is 2. The van der Waals surface area contributed by atoms with E-state index >= 15 is 0 Å². The molecule has 1 N–H and O–H groups in total.